The summed E-state index contributed by atoms with van der Waals surface area (Å²) in [5.41, 5.74) is 3.64. The van der Waals surface area contributed by atoms with Crippen molar-refractivity contribution in [1.29, 1.82) is 0 Å². The van der Waals surface area contributed by atoms with E-state index in [0.717, 1.165) is 47.0 Å². The van der Waals surface area contributed by atoms with Gasteiger partial charge < -0.3 is 29.4 Å². The van der Waals surface area contributed by atoms with Gasteiger partial charge in [0.2, 0.25) is 5.95 Å². The first-order chi connectivity index (χ1) is 18.1. The van der Waals surface area contributed by atoms with E-state index in [4.69, 9.17) is 28.7 Å². The van der Waals surface area contributed by atoms with Gasteiger partial charge in [0.25, 0.3) is 5.88 Å². The second-order valence-electron chi connectivity index (χ2n) is 9.10. The fraction of sp³-hybridized carbons (Fsp3) is 0.346. The van der Waals surface area contributed by atoms with Gasteiger partial charge in [-0.05, 0) is 49.9 Å². The Bertz CT molecular complexity index is 1430. The molecule has 1 fully saturated rings. The van der Waals surface area contributed by atoms with Crippen molar-refractivity contribution in [2.45, 2.75) is 44.9 Å². The van der Waals surface area contributed by atoms with E-state index in [9.17, 15) is 4.79 Å². The molecule has 1 aliphatic carbocycles. The van der Waals surface area contributed by atoms with E-state index in [1.54, 1.807) is 12.3 Å². The van der Waals surface area contributed by atoms with Crippen molar-refractivity contribution in [2.24, 2.45) is 0 Å². The molecule has 6 rings (SSSR count). The Morgan fingerprint density at radius 3 is 2.86 bits per heavy atom. The fourth-order valence-corrected chi connectivity index (χ4v) is 4.78. The Hall–Kier alpha value is -4.41. The largest absolute Gasteiger partial charge is 0.484 e. The van der Waals surface area contributed by atoms with Crippen LogP contribution in [0.25, 0.3) is 22.0 Å². The number of nitrogens with one attached hydrogen (secondary N) is 2. The van der Waals surface area contributed by atoms with Gasteiger partial charge in [-0.1, -0.05) is 11.2 Å². The number of amides is 1. The van der Waals surface area contributed by atoms with Crippen LogP contribution in [0.5, 0.6) is 11.6 Å². The number of rotatable bonds is 6. The minimum absolute atomic E-state index is 0.0151. The lowest BCUT2D eigenvalue weighted by Crippen LogP contribution is -2.34. The van der Waals surface area contributed by atoms with Crippen molar-refractivity contribution < 1.29 is 23.5 Å². The van der Waals surface area contributed by atoms with Crippen LogP contribution in [0, 0.1) is 6.92 Å². The van der Waals surface area contributed by atoms with Gasteiger partial charge in [-0.2, -0.15) is 0 Å². The van der Waals surface area contributed by atoms with Crippen molar-refractivity contribution in [3.8, 4) is 22.8 Å². The lowest BCUT2D eigenvalue weighted by atomic mass is 10.0. The molecule has 2 atom stereocenters. The molecule has 190 valence electrons. The number of alkyl carbamates (subject to hydrolysis) is 1. The lowest BCUT2D eigenvalue weighted by Gasteiger charge is -2.20. The number of carbonyl (C=O) groups excluding carboxylic acids is 1. The van der Waals surface area contributed by atoms with Gasteiger partial charge in [-0.25, -0.2) is 19.7 Å². The quantitative estimate of drug-likeness (QED) is 0.398. The maximum atomic E-state index is 12.1. The maximum absolute atomic E-state index is 12.1. The van der Waals surface area contributed by atoms with Crippen LogP contribution in [-0.4, -0.2) is 51.5 Å². The van der Waals surface area contributed by atoms with Crippen LogP contribution < -0.4 is 20.1 Å². The second kappa shape index (κ2) is 9.92. The van der Waals surface area contributed by atoms with E-state index < -0.39 is 6.09 Å². The molecule has 2 aliphatic rings. The molecule has 0 bridgehead atoms. The van der Waals surface area contributed by atoms with E-state index >= 15 is 0 Å². The third kappa shape index (κ3) is 4.97. The highest BCUT2D eigenvalue weighted by Crippen LogP contribution is 2.39. The Kier molecular flexibility index (Phi) is 6.17. The summed E-state index contributed by atoms with van der Waals surface area (Å²) >= 11 is 0. The fourth-order valence-electron chi connectivity index (χ4n) is 4.78. The van der Waals surface area contributed by atoms with E-state index in [2.05, 4.69) is 26.8 Å². The van der Waals surface area contributed by atoms with Gasteiger partial charge in [0, 0.05) is 35.3 Å². The van der Waals surface area contributed by atoms with Crippen LogP contribution in [-0.2, 0) is 11.3 Å². The maximum Gasteiger partial charge on any atom is 0.407 e. The molecule has 4 aromatic rings. The molecule has 1 aromatic carbocycles. The first-order valence-electron chi connectivity index (χ1n) is 12.2. The number of hydrogen-bond acceptors (Lipinski definition) is 10. The molecule has 11 nitrogen and oxygen atoms in total. The van der Waals surface area contributed by atoms with Crippen molar-refractivity contribution in [1.82, 2.24) is 25.4 Å². The number of fused-ring (bicyclic) bond motifs is 2. The predicted molar refractivity (Wildman–Crippen MR) is 133 cm³/mol. The summed E-state index contributed by atoms with van der Waals surface area (Å²) in [5.74, 6) is 2.26. The van der Waals surface area contributed by atoms with E-state index in [1.807, 2.05) is 25.1 Å². The van der Waals surface area contributed by atoms with Crippen molar-refractivity contribution in [3.05, 3.63) is 54.2 Å². The Labute approximate surface area is 212 Å². The van der Waals surface area contributed by atoms with Gasteiger partial charge >= 0.3 is 6.09 Å². The van der Waals surface area contributed by atoms with Gasteiger partial charge in [0.05, 0.1) is 17.4 Å². The van der Waals surface area contributed by atoms with Crippen LogP contribution in [0.2, 0.25) is 0 Å². The summed E-state index contributed by atoms with van der Waals surface area (Å²) in [5, 5.41) is 10.9. The Morgan fingerprint density at radius 2 is 1.97 bits per heavy atom. The van der Waals surface area contributed by atoms with E-state index in [0.29, 0.717) is 36.6 Å². The molecular formula is C26H26N6O5. The van der Waals surface area contributed by atoms with Crippen LogP contribution >= 0.6 is 0 Å². The number of aromatic nitrogens is 4. The van der Waals surface area contributed by atoms with Crippen molar-refractivity contribution >= 4 is 22.9 Å². The number of hydrogen-bond donors (Lipinski definition) is 2. The van der Waals surface area contributed by atoms with Crippen LogP contribution in [0.15, 0.2) is 47.2 Å². The average Bonchev–Trinajstić information content (AvgIpc) is 3.59. The van der Waals surface area contributed by atoms with E-state index in [1.165, 1.54) is 6.20 Å². The Morgan fingerprint density at radius 1 is 1.08 bits per heavy atom. The minimum Gasteiger partial charge on any atom is -0.484 e. The SMILES string of the molecule is Cc1nc(N[C@@H]2CC[C@H](NC(=O)OCc3ccno3)C2)nc2ccc(-c3ccnc4c3OCCO4)cc12. The molecule has 0 unspecified atom stereocenters. The highest BCUT2D eigenvalue weighted by molar-refractivity contribution is 5.88. The standard InChI is InChI=1S/C26H26N6O5/c1-15-21-12-16(20-7-8-27-24-23(20)34-10-11-35-24)2-5-22(21)32-25(29-15)30-17-3-4-18(13-17)31-26(33)36-14-19-6-9-28-37-19/h2,5-9,12,17-18H,3-4,10-11,13-14H2,1H3,(H,31,33)(H,29,30,32)/t17-,18+/m1/s1. The number of ether oxygens (including phenoxy) is 3. The van der Waals surface area contributed by atoms with Gasteiger partial charge in [-0.15, -0.1) is 0 Å². The van der Waals surface area contributed by atoms with Crippen LogP contribution in [0.1, 0.15) is 30.7 Å². The van der Waals surface area contributed by atoms with Crippen molar-refractivity contribution in [3.63, 3.8) is 0 Å². The normalized spacial score (nSPS) is 18.5. The number of pyridine rings is 1. The molecule has 0 spiro atoms. The van der Waals surface area contributed by atoms with Gasteiger partial charge in [0.15, 0.2) is 18.1 Å². The summed E-state index contributed by atoms with van der Waals surface area (Å²) < 4.78 is 21.6. The molecule has 1 amide bonds. The zero-order valence-electron chi connectivity index (χ0n) is 20.3. The number of carbonyl (C=O) groups is 1. The third-order valence-electron chi connectivity index (χ3n) is 6.56. The topological polar surface area (TPSA) is 134 Å². The minimum atomic E-state index is -0.469. The summed E-state index contributed by atoms with van der Waals surface area (Å²) in [6.07, 6.45) is 5.25. The molecule has 2 N–H and O–H groups in total. The Balaban J connectivity index is 1.11. The zero-order valence-corrected chi connectivity index (χ0v) is 20.3. The summed E-state index contributed by atoms with van der Waals surface area (Å²) in [4.78, 5) is 25.8. The monoisotopic (exact) mass is 502 g/mol. The third-order valence-corrected chi connectivity index (χ3v) is 6.56. The first-order valence-corrected chi connectivity index (χ1v) is 12.2. The molecule has 0 radical (unpaired) electrons. The second-order valence-corrected chi connectivity index (χ2v) is 9.10. The lowest BCUT2D eigenvalue weighted by molar-refractivity contribution is 0.124. The molecule has 4 heterocycles. The van der Waals surface area contributed by atoms with Gasteiger partial charge in [-0.3, -0.25) is 0 Å². The van der Waals surface area contributed by atoms with Crippen molar-refractivity contribution in [2.75, 3.05) is 18.5 Å². The molecule has 1 saturated carbocycles. The van der Waals surface area contributed by atoms with Crippen LogP contribution in [0.3, 0.4) is 0 Å². The smallest absolute Gasteiger partial charge is 0.407 e. The molecule has 3 aromatic heterocycles. The zero-order chi connectivity index (χ0) is 25.2. The van der Waals surface area contributed by atoms with Crippen LogP contribution in [0.4, 0.5) is 10.7 Å². The summed E-state index contributed by atoms with van der Waals surface area (Å²) in [6, 6.07) is 9.83. The average molecular weight is 503 g/mol. The molecule has 37 heavy (non-hydrogen) atoms. The summed E-state index contributed by atoms with van der Waals surface area (Å²) in [7, 11) is 0. The number of anilines is 1. The molecule has 1 aliphatic heterocycles. The number of aryl methyl sites for hydroxylation is 1. The molecule has 11 heteroatoms. The highest BCUT2D eigenvalue weighted by atomic mass is 16.6. The summed E-state index contributed by atoms with van der Waals surface area (Å²) in [6.45, 7) is 3.02. The molecule has 0 saturated heterocycles. The van der Waals surface area contributed by atoms with Gasteiger partial charge in [0.1, 0.15) is 13.2 Å². The predicted octanol–water partition coefficient (Wildman–Crippen LogP) is 4.02. The first kappa shape index (κ1) is 23.0. The highest BCUT2D eigenvalue weighted by Gasteiger charge is 2.27. The molecular weight excluding hydrogens is 476 g/mol. The van der Waals surface area contributed by atoms with E-state index in [-0.39, 0.29) is 18.7 Å². The number of benzene rings is 1. The number of nitrogens with zero attached hydrogens (tertiary/aromatic N) is 4.